The molecule has 2 aliphatic rings. The lowest BCUT2D eigenvalue weighted by molar-refractivity contribution is -0.137. The first-order chi connectivity index (χ1) is 22.8. The first kappa shape index (κ1) is 32.6. The predicted octanol–water partition coefficient (Wildman–Crippen LogP) is 6.68. The van der Waals surface area contributed by atoms with E-state index >= 15 is 0 Å². The van der Waals surface area contributed by atoms with Crippen molar-refractivity contribution in [3.05, 3.63) is 114 Å². The van der Waals surface area contributed by atoms with Gasteiger partial charge in [-0.05, 0) is 73.9 Å². The van der Waals surface area contributed by atoms with Gasteiger partial charge in [0, 0.05) is 38.4 Å². The number of piperazine rings is 1. The van der Waals surface area contributed by atoms with Gasteiger partial charge in [0.25, 0.3) is 0 Å². The van der Waals surface area contributed by atoms with Crippen LogP contribution in [0, 0.1) is 0 Å². The van der Waals surface area contributed by atoms with Crippen LogP contribution in [0.4, 0.5) is 23.7 Å². The van der Waals surface area contributed by atoms with Crippen LogP contribution in [0.15, 0.2) is 91.1 Å². The molecular formula is C36H41F3N6O2. The predicted molar refractivity (Wildman–Crippen MR) is 174 cm³/mol. The number of hydrogen-bond donors (Lipinski definition) is 1. The summed E-state index contributed by atoms with van der Waals surface area (Å²) in [7, 11) is 0. The molecule has 6 rings (SSSR count). The van der Waals surface area contributed by atoms with Crippen molar-refractivity contribution < 1.29 is 22.7 Å². The monoisotopic (exact) mass is 646 g/mol. The molecule has 1 aliphatic heterocycles. The molecule has 0 radical (unpaired) electrons. The molecule has 1 amide bonds. The highest BCUT2D eigenvalue weighted by molar-refractivity contribution is 5.68. The molecule has 4 aromatic rings. The van der Waals surface area contributed by atoms with Gasteiger partial charge < -0.3 is 15.0 Å². The minimum atomic E-state index is -4.34. The van der Waals surface area contributed by atoms with Gasteiger partial charge in [-0.3, -0.25) is 4.90 Å². The molecule has 8 nitrogen and oxygen atoms in total. The van der Waals surface area contributed by atoms with E-state index in [1.165, 1.54) is 0 Å². The maximum Gasteiger partial charge on any atom is 0.416 e. The number of aromatic nitrogens is 3. The molecule has 1 saturated heterocycles. The van der Waals surface area contributed by atoms with Gasteiger partial charge in [0.15, 0.2) is 0 Å². The van der Waals surface area contributed by atoms with E-state index in [0.29, 0.717) is 32.5 Å². The fraction of sp³-hybridized carbons (Fsp3) is 0.417. The van der Waals surface area contributed by atoms with Gasteiger partial charge in [0.2, 0.25) is 0 Å². The van der Waals surface area contributed by atoms with Crippen molar-refractivity contribution in [2.75, 3.05) is 31.1 Å². The second kappa shape index (κ2) is 15.0. The van der Waals surface area contributed by atoms with Crippen LogP contribution in [0.5, 0.6) is 0 Å². The Bertz CT molecular complexity index is 1550. The molecule has 11 heteroatoms. The number of hydrogen-bond acceptors (Lipinski definition) is 6. The summed E-state index contributed by atoms with van der Waals surface area (Å²) < 4.78 is 46.7. The van der Waals surface area contributed by atoms with Crippen molar-refractivity contribution in [2.45, 2.75) is 69.4 Å². The minimum absolute atomic E-state index is 0.0439. The van der Waals surface area contributed by atoms with Crippen LogP contribution in [0.3, 0.4) is 0 Å². The van der Waals surface area contributed by atoms with E-state index in [9.17, 15) is 18.0 Å². The number of nitrogens with one attached hydrogen (secondary N) is 1. The van der Waals surface area contributed by atoms with Gasteiger partial charge in [-0.25, -0.2) is 9.48 Å². The van der Waals surface area contributed by atoms with E-state index in [1.807, 2.05) is 47.3 Å². The third kappa shape index (κ3) is 8.91. The number of carbonyl (C=O) groups is 1. The third-order valence-corrected chi connectivity index (χ3v) is 9.14. The lowest BCUT2D eigenvalue weighted by atomic mass is 9.94. The molecule has 0 bridgehead atoms. The molecule has 0 spiro atoms. The lowest BCUT2D eigenvalue weighted by Crippen LogP contribution is -2.46. The fourth-order valence-electron chi connectivity index (χ4n) is 6.57. The summed E-state index contributed by atoms with van der Waals surface area (Å²) in [6.07, 6.45) is 2.37. The first-order valence-electron chi connectivity index (χ1n) is 16.4. The number of anilines is 1. The Kier molecular flexibility index (Phi) is 10.4. The van der Waals surface area contributed by atoms with Crippen LogP contribution >= 0.6 is 0 Å². The summed E-state index contributed by atoms with van der Waals surface area (Å²) in [5.41, 5.74) is 3.19. The molecule has 1 N–H and O–H groups in total. The maximum atomic E-state index is 13.2. The summed E-state index contributed by atoms with van der Waals surface area (Å²) in [5.74, 6) is 0. The molecule has 2 heterocycles. The van der Waals surface area contributed by atoms with E-state index in [1.54, 1.807) is 12.1 Å². The van der Waals surface area contributed by atoms with E-state index in [4.69, 9.17) is 4.74 Å². The van der Waals surface area contributed by atoms with Gasteiger partial charge in [-0.2, -0.15) is 13.2 Å². The number of alkyl halides is 3. The van der Waals surface area contributed by atoms with Gasteiger partial charge >= 0.3 is 12.3 Å². The number of alkyl carbamates (subject to hydrolysis) is 1. The highest BCUT2D eigenvalue weighted by Gasteiger charge is 2.31. The summed E-state index contributed by atoms with van der Waals surface area (Å²) in [4.78, 5) is 17.6. The number of rotatable bonds is 11. The summed E-state index contributed by atoms with van der Waals surface area (Å²) >= 11 is 0. The van der Waals surface area contributed by atoms with E-state index in [2.05, 4.69) is 49.7 Å². The number of nitrogens with zero attached hydrogens (tertiary/aromatic N) is 5. The van der Waals surface area contributed by atoms with Crippen LogP contribution in [0.1, 0.15) is 54.1 Å². The Balaban J connectivity index is 1.16. The number of carbonyl (C=O) groups excluding carboxylic acids is 1. The molecule has 248 valence electrons. The molecule has 3 aromatic carbocycles. The molecule has 2 fully saturated rings. The van der Waals surface area contributed by atoms with Crippen molar-refractivity contribution in [3.8, 4) is 0 Å². The van der Waals surface area contributed by atoms with Gasteiger partial charge in [0.05, 0.1) is 29.5 Å². The second-order valence-electron chi connectivity index (χ2n) is 12.5. The SMILES string of the molecule is O=C(N[C@@H](Cc1ccccc1)[C@H](Cc1ccccc1)n1cc(CN2CCN(c3ccc(C(F)(F)F)cc3)CC2)nn1)OC1CCCC1. The number of benzene rings is 3. The largest absolute Gasteiger partial charge is 0.446 e. The van der Waals surface area contributed by atoms with Crippen molar-refractivity contribution in [2.24, 2.45) is 0 Å². The van der Waals surface area contributed by atoms with E-state index in [-0.39, 0.29) is 18.2 Å². The normalized spacial score (nSPS) is 17.4. The van der Waals surface area contributed by atoms with E-state index in [0.717, 1.165) is 73.4 Å². The molecular weight excluding hydrogens is 605 g/mol. The molecule has 2 atom stereocenters. The molecule has 47 heavy (non-hydrogen) atoms. The Morgan fingerprint density at radius 2 is 1.47 bits per heavy atom. The van der Waals surface area contributed by atoms with Gasteiger partial charge in [-0.1, -0.05) is 65.9 Å². The highest BCUT2D eigenvalue weighted by atomic mass is 19.4. The van der Waals surface area contributed by atoms with Crippen molar-refractivity contribution in [1.29, 1.82) is 0 Å². The maximum absolute atomic E-state index is 13.2. The van der Waals surface area contributed by atoms with Crippen LogP contribution < -0.4 is 10.2 Å². The zero-order valence-corrected chi connectivity index (χ0v) is 26.4. The molecule has 1 aliphatic carbocycles. The minimum Gasteiger partial charge on any atom is -0.446 e. The average molecular weight is 647 g/mol. The third-order valence-electron chi connectivity index (χ3n) is 9.14. The van der Waals surface area contributed by atoms with Crippen LogP contribution in [-0.2, 0) is 30.3 Å². The molecule has 1 aromatic heterocycles. The zero-order valence-electron chi connectivity index (χ0n) is 26.4. The number of ether oxygens (including phenoxy) is 1. The Morgan fingerprint density at radius 1 is 0.851 bits per heavy atom. The Hall–Kier alpha value is -4.38. The Labute approximate surface area is 273 Å². The highest BCUT2D eigenvalue weighted by Crippen LogP contribution is 2.31. The van der Waals surface area contributed by atoms with Gasteiger partial charge in [0.1, 0.15) is 6.10 Å². The topological polar surface area (TPSA) is 75.5 Å². The molecule has 1 saturated carbocycles. The summed E-state index contributed by atoms with van der Waals surface area (Å²) in [6.45, 7) is 3.48. The van der Waals surface area contributed by atoms with Crippen molar-refractivity contribution in [1.82, 2.24) is 25.2 Å². The zero-order chi connectivity index (χ0) is 32.6. The second-order valence-corrected chi connectivity index (χ2v) is 12.5. The van der Waals surface area contributed by atoms with Crippen LogP contribution in [0.2, 0.25) is 0 Å². The smallest absolute Gasteiger partial charge is 0.416 e. The average Bonchev–Trinajstić information content (AvgIpc) is 3.77. The summed E-state index contributed by atoms with van der Waals surface area (Å²) in [6, 6.07) is 25.1. The first-order valence-corrected chi connectivity index (χ1v) is 16.4. The van der Waals surface area contributed by atoms with Gasteiger partial charge in [-0.15, -0.1) is 5.10 Å². The van der Waals surface area contributed by atoms with Crippen molar-refractivity contribution in [3.63, 3.8) is 0 Å². The lowest BCUT2D eigenvalue weighted by Gasteiger charge is -2.35. The van der Waals surface area contributed by atoms with Crippen LogP contribution in [0.25, 0.3) is 0 Å². The Morgan fingerprint density at radius 3 is 2.09 bits per heavy atom. The molecule has 0 unspecified atom stereocenters. The number of halogens is 3. The van der Waals surface area contributed by atoms with E-state index < -0.39 is 17.8 Å². The standard InChI is InChI=1S/C36H41F3N6O2/c37-36(38,39)29-15-17-31(18-16-29)44-21-19-43(20-22-44)25-30-26-45(42-41-30)34(24-28-11-5-2-6-12-28)33(23-27-9-3-1-4-10-27)40-35(46)47-32-13-7-8-14-32/h1-6,9-12,15-18,26,32-34H,7-8,13-14,19-25H2,(H,40,46)/t33-,34-/m0/s1. The quantitative estimate of drug-likeness (QED) is 0.196. The van der Waals surface area contributed by atoms with Crippen molar-refractivity contribution >= 4 is 11.8 Å². The van der Waals surface area contributed by atoms with Crippen LogP contribution in [-0.4, -0.2) is 64.3 Å². The fourth-order valence-corrected chi connectivity index (χ4v) is 6.57. The summed E-state index contributed by atoms with van der Waals surface area (Å²) in [5, 5.41) is 12.3. The number of amides is 1.